The van der Waals surface area contributed by atoms with Gasteiger partial charge in [-0.3, -0.25) is 9.59 Å². The molecule has 2 aromatic carbocycles. The van der Waals surface area contributed by atoms with Gasteiger partial charge in [-0.05, 0) is 0 Å². The van der Waals surface area contributed by atoms with Crippen LogP contribution in [-0.4, -0.2) is 35.0 Å². The molecule has 1 aliphatic rings. The minimum absolute atomic E-state index is 0.0641. The molecule has 20 heavy (non-hydrogen) atoms. The van der Waals surface area contributed by atoms with Gasteiger partial charge >= 0.3 is 0 Å². The first-order valence-corrected chi connectivity index (χ1v) is 6.20. The Bertz CT molecular complexity index is 539. The van der Waals surface area contributed by atoms with Crippen molar-refractivity contribution in [2.45, 2.75) is 0 Å². The van der Waals surface area contributed by atoms with Gasteiger partial charge in [0.1, 0.15) is 0 Å². The maximum Gasteiger partial charge on any atom is 0.194 e. The quantitative estimate of drug-likeness (QED) is 0.701. The Hall–Kier alpha value is -2.30. The highest BCUT2D eigenvalue weighted by Gasteiger charge is 2.28. The van der Waals surface area contributed by atoms with Crippen LogP contribution in [0.3, 0.4) is 0 Å². The zero-order valence-electron chi connectivity index (χ0n) is 10.7. The van der Waals surface area contributed by atoms with Gasteiger partial charge < -0.3 is 10.2 Å². The lowest BCUT2D eigenvalue weighted by Gasteiger charge is -2.16. The van der Waals surface area contributed by atoms with Gasteiger partial charge in [-0.1, -0.05) is 48.5 Å². The molecular weight excluding hydrogens is 256 g/mol. The number of hydrogen-bond acceptors (Lipinski definition) is 4. The standard InChI is InChI=1S/C14H8O2.C2H6O2/c15-13-9-5-1-2-6-10(9)14(16)12-8-4-3-7-11(12)13;3-1-2-4/h1-8H;3-4H,1-2H2. The predicted molar refractivity (Wildman–Crippen MR) is 73.9 cm³/mol. The van der Waals surface area contributed by atoms with Crippen LogP contribution >= 0.6 is 0 Å². The van der Waals surface area contributed by atoms with Crippen LogP contribution in [0, 0.1) is 0 Å². The Labute approximate surface area is 116 Å². The van der Waals surface area contributed by atoms with Crippen molar-refractivity contribution in [3.8, 4) is 0 Å². The van der Waals surface area contributed by atoms with Crippen molar-refractivity contribution in [3.05, 3.63) is 70.8 Å². The van der Waals surface area contributed by atoms with Crippen LogP contribution in [0.4, 0.5) is 0 Å². The molecule has 0 unspecified atom stereocenters. The minimum Gasteiger partial charge on any atom is -0.394 e. The van der Waals surface area contributed by atoms with Crippen molar-refractivity contribution in [2.75, 3.05) is 13.2 Å². The maximum absolute atomic E-state index is 12.1. The highest BCUT2D eigenvalue weighted by molar-refractivity contribution is 6.28. The molecule has 2 N–H and O–H groups in total. The van der Waals surface area contributed by atoms with Crippen LogP contribution in [0.1, 0.15) is 31.8 Å². The third-order valence-electron chi connectivity index (χ3n) is 2.93. The maximum atomic E-state index is 12.1. The van der Waals surface area contributed by atoms with Crippen LogP contribution in [0.25, 0.3) is 0 Å². The molecule has 2 aromatic rings. The lowest BCUT2D eigenvalue weighted by molar-refractivity contribution is 0.0979. The van der Waals surface area contributed by atoms with Gasteiger partial charge in [-0.2, -0.15) is 0 Å². The second-order valence-corrected chi connectivity index (χ2v) is 4.20. The average Bonchev–Trinajstić information content (AvgIpc) is 2.53. The van der Waals surface area contributed by atoms with Crippen molar-refractivity contribution in [2.24, 2.45) is 0 Å². The fourth-order valence-electron chi connectivity index (χ4n) is 2.05. The molecule has 0 saturated heterocycles. The van der Waals surface area contributed by atoms with E-state index in [1.807, 2.05) is 0 Å². The summed E-state index contributed by atoms with van der Waals surface area (Å²) in [4.78, 5) is 24.2. The molecule has 1 aliphatic carbocycles. The summed E-state index contributed by atoms with van der Waals surface area (Å²) >= 11 is 0. The highest BCUT2D eigenvalue weighted by Crippen LogP contribution is 2.26. The second-order valence-electron chi connectivity index (χ2n) is 4.20. The van der Waals surface area contributed by atoms with E-state index in [9.17, 15) is 9.59 Å². The molecule has 3 rings (SSSR count). The fourth-order valence-corrected chi connectivity index (χ4v) is 2.05. The molecule has 0 saturated carbocycles. The molecule has 4 heteroatoms. The van der Waals surface area contributed by atoms with Crippen LogP contribution in [0.5, 0.6) is 0 Å². The molecule has 0 heterocycles. The average molecular weight is 270 g/mol. The van der Waals surface area contributed by atoms with Crippen molar-refractivity contribution in [1.29, 1.82) is 0 Å². The van der Waals surface area contributed by atoms with Crippen molar-refractivity contribution >= 4 is 11.6 Å². The predicted octanol–water partition coefficient (Wildman–Crippen LogP) is 1.43. The third-order valence-corrected chi connectivity index (χ3v) is 2.93. The Morgan fingerprint density at radius 1 is 0.600 bits per heavy atom. The number of carbonyl (C=O) groups is 2. The molecule has 0 fully saturated rings. The topological polar surface area (TPSA) is 74.6 Å². The molecule has 0 aliphatic heterocycles. The lowest BCUT2D eigenvalue weighted by atomic mass is 9.84. The number of aliphatic hydroxyl groups is 2. The second kappa shape index (κ2) is 6.23. The minimum atomic E-state index is -0.125. The summed E-state index contributed by atoms with van der Waals surface area (Å²) in [6, 6.07) is 13.9. The van der Waals surface area contributed by atoms with E-state index in [0.717, 1.165) is 0 Å². The zero-order chi connectivity index (χ0) is 14.5. The Morgan fingerprint density at radius 3 is 1.05 bits per heavy atom. The van der Waals surface area contributed by atoms with E-state index in [1.165, 1.54) is 0 Å². The monoisotopic (exact) mass is 270 g/mol. The van der Waals surface area contributed by atoms with Crippen molar-refractivity contribution < 1.29 is 19.8 Å². The molecule has 102 valence electrons. The van der Waals surface area contributed by atoms with Gasteiger partial charge in [0.15, 0.2) is 11.6 Å². The summed E-state index contributed by atoms with van der Waals surface area (Å²) in [5.74, 6) is -0.128. The Balaban J connectivity index is 0.000000328. The summed E-state index contributed by atoms with van der Waals surface area (Å²) < 4.78 is 0. The number of hydrogen-bond donors (Lipinski definition) is 2. The van der Waals surface area contributed by atoms with Crippen LogP contribution < -0.4 is 0 Å². The van der Waals surface area contributed by atoms with E-state index in [1.54, 1.807) is 48.5 Å². The van der Waals surface area contributed by atoms with Gasteiger partial charge in [0.05, 0.1) is 13.2 Å². The number of carbonyl (C=O) groups excluding carboxylic acids is 2. The Kier molecular flexibility index (Phi) is 4.40. The van der Waals surface area contributed by atoms with E-state index in [0.29, 0.717) is 22.3 Å². The van der Waals surface area contributed by atoms with Gasteiger partial charge in [0.2, 0.25) is 0 Å². The SMILES string of the molecule is O=C1c2ccccc2C(=O)c2ccccc21.OCCO. The number of rotatable bonds is 1. The summed E-state index contributed by atoms with van der Waals surface area (Å²) in [5.41, 5.74) is 2.02. The van der Waals surface area contributed by atoms with Crippen LogP contribution in [0.15, 0.2) is 48.5 Å². The van der Waals surface area contributed by atoms with Crippen molar-refractivity contribution in [1.82, 2.24) is 0 Å². The van der Waals surface area contributed by atoms with Gasteiger partial charge in [-0.25, -0.2) is 0 Å². The van der Waals surface area contributed by atoms with Crippen molar-refractivity contribution in [3.63, 3.8) is 0 Å². The summed E-state index contributed by atoms with van der Waals surface area (Å²) in [6.07, 6.45) is 0. The first-order chi connectivity index (χ1) is 9.70. The van der Waals surface area contributed by atoms with E-state index < -0.39 is 0 Å². The molecule has 0 atom stereocenters. The Morgan fingerprint density at radius 2 is 0.850 bits per heavy atom. The largest absolute Gasteiger partial charge is 0.394 e. The van der Waals surface area contributed by atoms with E-state index in [2.05, 4.69) is 0 Å². The molecule has 0 radical (unpaired) electrons. The van der Waals surface area contributed by atoms with E-state index in [4.69, 9.17) is 10.2 Å². The fraction of sp³-hybridized carbons (Fsp3) is 0.125. The molecule has 0 amide bonds. The van der Waals surface area contributed by atoms with Gasteiger partial charge in [0.25, 0.3) is 0 Å². The zero-order valence-corrected chi connectivity index (χ0v) is 10.7. The van der Waals surface area contributed by atoms with E-state index >= 15 is 0 Å². The number of aliphatic hydroxyl groups excluding tert-OH is 2. The number of benzene rings is 2. The summed E-state index contributed by atoms with van der Waals surface area (Å²) in [7, 11) is 0. The first kappa shape index (κ1) is 14.1. The molecule has 0 spiro atoms. The number of ketones is 2. The molecular formula is C16H14O4. The van der Waals surface area contributed by atoms with E-state index in [-0.39, 0.29) is 24.8 Å². The van der Waals surface area contributed by atoms with Crippen LogP contribution in [0.2, 0.25) is 0 Å². The van der Waals surface area contributed by atoms with Crippen LogP contribution in [-0.2, 0) is 0 Å². The highest BCUT2D eigenvalue weighted by atomic mass is 16.3. The smallest absolute Gasteiger partial charge is 0.194 e. The third kappa shape index (κ3) is 2.52. The van der Waals surface area contributed by atoms with Gasteiger partial charge in [0, 0.05) is 22.3 Å². The molecule has 4 nitrogen and oxygen atoms in total. The first-order valence-electron chi connectivity index (χ1n) is 6.20. The summed E-state index contributed by atoms with van der Waals surface area (Å²) in [5, 5.41) is 15.2. The molecule has 0 bridgehead atoms. The van der Waals surface area contributed by atoms with Gasteiger partial charge in [-0.15, -0.1) is 0 Å². The normalized spacial score (nSPS) is 12.1. The number of fused-ring (bicyclic) bond motifs is 2. The molecule has 0 aromatic heterocycles. The summed E-state index contributed by atoms with van der Waals surface area (Å²) in [6.45, 7) is -0.250. The lowest BCUT2D eigenvalue weighted by Crippen LogP contribution is -2.20.